The zero-order chi connectivity index (χ0) is 16.9. The standard InChI is InChI=1S/C18H18N4OS/c1-11-13-10-14(24-16(13)22(4)21-11)15-19-20-17(23-15)18(2,3)12-8-6-5-7-9-12/h5-10H,1-4H3. The fraction of sp³-hybridized carbons (Fsp3) is 0.278. The average Bonchev–Trinajstić information content (AvgIpc) is 3.27. The topological polar surface area (TPSA) is 56.7 Å². The van der Waals surface area contributed by atoms with Gasteiger partial charge in [0.05, 0.1) is 16.0 Å². The second kappa shape index (κ2) is 5.27. The lowest BCUT2D eigenvalue weighted by Gasteiger charge is -2.20. The Morgan fingerprint density at radius 2 is 1.88 bits per heavy atom. The minimum Gasteiger partial charge on any atom is -0.419 e. The number of nitrogens with zero attached hydrogens (tertiary/aromatic N) is 4. The Bertz CT molecular complexity index is 976. The van der Waals surface area contributed by atoms with Crippen LogP contribution in [0.3, 0.4) is 0 Å². The van der Waals surface area contributed by atoms with Gasteiger partial charge in [-0.1, -0.05) is 30.3 Å². The molecule has 0 amide bonds. The van der Waals surface area contributed by atoms with Gasteiger partial charge >= 0.3 is 0 Å². The summed E-state index contributed by atoms with van der Waals surface area (Å²) < 4.78 is 7.92. The molecule has 122 valence electrons. The largest absolute Gasteiger partial charge is 0.419 e. The first kappa shape index (κ1) is 15.1. The molecule has 1 aromatic carbocycles. The van der Waals surface area contributed by atoms with Crippen molar-refractivity contribution in [3.63, 3.8) is 0 Å². The maximum atomic E-state index is 6.03. The number of benzene rings is 1. The van der Waals surface area contributed by atoms with Crippen LogP contribution in [0.2, 0.25) is 0 Å². The molecule has 5 nitrogen and oxygen atoms in total. The molecule has 0 bridgehead atoms. The maximum Gasteiger partial charge on any atom is 0.257 e. The van der Waals surface area contributed by atoms with E-state index in [1.165, 1.54) is 0 Å². The number of fused-ring (bicyclic) bond motifs is 1. The third-order valence-corrected chi connectivity index (χ3v) is 5.55. The highest BCUT2D eigenvalue weighted by Gasteiger charge is 2.30. The minimum absolute atomic E-state index is 0.333. The van der Waals surface area contributed by atoms with Crippen LogP contribution in [0.5, 0.6) is 0 Å². The molecule has 3 aromatic heterocycles. The van der Waals surface area contributed by atoms with Crippen LogP contribution in [-0.2, 0) is 12.5 Å². The van der Waals surface area contributed by atoms with Gasteiger partial charge in [-0.3, -0.25) is 4.68 Å². The predicted molar refractivity (Wildman–Crippen MR) is 95.2 cm³/mol. The molecule has 24 heavy (non-hydrogen) atoms. The van der Waals surface area contributed by atoms with E-state index in [9.17, 15) is 0 Å². The van der Waals surface area contributed by atoms with Crippen LogP contribution in [0.1, 0.15) is 31.0 Å². The van der Waals surface area contributed by atoms with E-state index < -0.39 is 0 Å². The number of rotatable bonds is 3. The molecule has 0 saturated heterocycles. The van der Waals surface area contributed by atoms with Crippen molar-refractivity contribution in [2.45, 2.75) is 26.2 Å². The van der Waals surface area contributed by atoms with Crippen molar-refractivity contribution in [3.05, 3.63) is 53.5 Å². The van der Waals surface area contributed by atoms with E-state index >= 15 is 0 Å². The van der Waals surface area contributed by atoms with Crippen molar-refractivity contribution in [1.29, 1.82) is 0 Å². The normalized spacial score (nSPS) is 12.2. The van der Waals surface area contributed by atoms with E-state index in [1.807, 2.05) is 36.9 Å². The van der Waals surface area contributed by atoms with Gasteiger partial charge in [0.25, 0.3) is 5.89 Å². The third-order valence-electron chi connectivity index (χ3n) is 4.36. The van der Waals surface area contributed by atoms with Crippen molar-refractivity contribution in [2.24, 2.45) is 7.05 Å². The molecule has 0 fully saturated rings. The SMILES string of the molecule is Cc1nn(C)c2sc(-c3nnc(C(C)(C)c4ccccc4)o3)cc12. The monoisotopic (exact) mass is 338 g/mol. The molecule has 0 radical (unpaired) electrons. The Balaban J connectivity index is 1.75. The van der Waals surface area contributed by atoms with Crippen LogP contribution < -0.4 is 0 Å². The van der Waals surface area contributed by atoms with Gasteiger partial charge in [-0.15, -0.1) is 21.5 Å². The van der Waals surface area contributed by atoms with Gasteiger partial charge < -0.3 is 4.42 Å². The highest BCUT2D eigenvalue weighted by Crippen LogP contribution is 2.36. The van der Waals surface area contributed by atoms with E-state index in [0.29, 0.717) is 11.8 Å². The summed E-state index contributed by atoms with van der Waals surface area (Å²) in [6.45, 7) is 6.20. The van der Waals surface area contributed by atoms with Crippen LogP contribution in [0.15, 0.2) is 40.8 Å². The number of thiophene rings is 1. The molecular weight excluding hydrogens is 320 g/mol. The summed E-state index contributed by atoms with van der Waals surface area (Å²) in [4.78, 5) is 2.09. The van der Waals surface area contributed by atoms with Crippen molar-refractivity contribution in [3.8, 4) is 10.8 Å². The Kier molecular flexibility index (Phi) is 3.31. The maximum absolute atomic E-state index is 6.03. The Morgan fingerprint density at radius 3 is 2.58 bits per heavy atom. The van der Waals surface area contributed by atoms with Crippen LogP contribution >= 0.6 is 11.3 Å². The lowest BCUT2D eigenvalue weighted by Crippen LogP contribution is -2.19. The van der Waals surface area contributed by atoms with Gasteiger partial charge in [-0.05, 0) is 32.4 Å². The Labute approximate surface area is 144 Å². The molecule has 0 N–H and O–H groups in total. The third kappa shape index (κ3) is 2.26. The predicted octanol–water partition coefficient (Wildman–Crippen LogP) is 4.32. The number of aryl methyl sites for hydroxylation is 2. The lowest BCUT2D eigenvalue weighted by molar-refractivity contribution is 0.420. The smallest absolute Gasteiger partial charge is 0.257 e. The zero-order valence-corrected chi connectivity index (χ0v) is 14.9. The molecule has 0 unspecified atom stereocenters. The second-order valence-electron chi connectivity index (χ2n) is 6.44. The Morgan fingerprint density at radius 1 is 1.12 bits per heavy atom. The van der Waals surface area contributed by atoms with E-state index in [4.69, 9.17) is 4.42 Å². The first-order valence-electron chi connectivity index (χ1n) is 7.80. The molecule has 0 spiro atoms. The molecule has 0 atom stereocenters. The fourth-order valence-corrected chi connectivity index (χ4v) is 3.91. The number of hydrogen-bond acceptors (Lipinski definition) is 5. The molecule has 6 heteroatoms. The van der Waals surface area contributed by atoms with Crippen molar-refractivity contribution < 1.29 is 4.42 Å². The average molecular weight is 338 g/mol. The number of aromatic nitrogens is 4. The summed E-state index contributed by atoms with van der Waals surface area (Å²) >= 11 is 1.62. The van der Waals surface area contributed by atoms with Crippen LogP contribution in [0.4, 0.5) is 0 Å². The van der Waals surface area contributed by atoms with E-state index in [0.717, 1.165) is 26.4 Å². The Hall–Kier alpha value is -2.47. The fourth-order valence-electron chi connectivity index (χ4n) is 2.86. The van der Waals surface area contributed by atoms with Gasteiger partial charge in [0.2, 0.25) is 5.89 Å². The van der Waals surface area contributed by atoms with E-state index in [2.05, 4.69) is 47.3 Å². The van der Waals surface area contributed by atoms with Crippen LogP contribution in [0.25, 0.3) is 21.0 Å². The van der Waals surface area contributed by atoms with E-state index in [-0.39, 0.29) is 5.41 Å². The highest BCUT2D eigenvalue weighted by molar-refractivity contribution is 7.21. The quantitative estimate of drug-likeness (QED) is 0.558. The highest BCUT2D eigenvalue weighted by atomic mass is 32.1. The summed E-state index contributed by atoms with van der Waals surface area (Å²) in [5, 5.41) is 14.2. The van der Waals surface area contributed by atoms with Crippen LogP contribution in [0, 0.1) is 6.92 Å². The minimum atomic E-state index is -0.333. The zero-order valence-electron chi connectivity index (χ0n) is 14.1. The van der Waals surface area contributed by atoms with Gasteiger partial charge in [0, 0.05) is 12.4 Å². The molecule has 3 heterocycles. The summed E-state index contributed by atoms with van der Waals surface area (Å²) in [5.74, 6) is 1.19. The van der Waals surface area contributed by atoms with Gasteiger partial charge in [0.15, 0.2) is 0 Å². The summed E-state index contributed by atoms with van der Waals surface area (Å²) in [6, 6.07) is 12.3. The van der Waals surface area contributed by atoms with Crippen LogP contribution in [-0.4, -0.2) is 20.0 Å². The second-order valence-corrected chi connectivity index (χ2v) is 7.47. The molecule has 4 aromatic rings. The molecule has 0 aliphatic heterocycles. The van der Waals surface area contributed by atoms with Crippen molar-refractivity contribution in [1.82, 2.24) is 20.0 Å². The molecular formula is C18H18N4OS. The number of hydrogen-bond donors (Lipinski definition) is 0. The summed E-state index contributed by atoms with van der Waals surface area (Å²) in [5.41, 5.74) is 1.83. The van der Waals surface area contributed by atoms with Crippen molar-refractivity contribution in [2.75, 3.05) is 0 Å². The summed E-state index contributed by atoms with van der Waals surface area (Å²) in [6.07, 6.45) is 0. The first-order valence-corrected chi connectivity index (χ1v) is 8.61. The van der Waals surface area contributed by atoms with E-state index in [1.54, 1.807) is 11.3 Å². The first-order chi connectivity index (χ1) is 11.5. The molecule has 4 rings (SSSR count). The molecule has 0 aliphatic rings. The van der Waals surface area contributed by atoms with Gasteiger partial charge in [0.1, 0.15) is 4.83 Å². The molecule has 0 saturated carbocycles. The van der Waals surface area contributed by atoms with Gasteiger partial charge in [-0.25, -0.2) is 0 Å². The lowest BCUT2D eigenvalue weighted by atomic mass is 9.85. The molecule has 0 aliphatic carbocycles. The summed E-state index contributed by atoms with van der Waals surface area (Å²) in [7, 11) is 1.95. The van der Waals surface area contributed by atoms with Gasteiger partial charge in [-0.2, -0.15) is 5.10 Å². The van der Waals surface area contributed by atoms with Crippen molar-refractivity contribution >= 4 is 21.6 Å².